The van der Waals surface area contributed by atoms with Crippen LogP contribution in [-0.4, -0.2) is 34.2 Å². The summed E-state index contributed by atoms with van der Waals surface area (Å²) in [6.07, 6.45) is 1.39. The van der Waals surface area contributed by atoms with Gasteiger partial charge >= 0.3 is 0 Å². The minimum atomic E-state index is -3.75. The molecule has 0 bridgehead atoms. The maximum atomic E-state index is 13.2. The Bertz CT molecular complexity index is 1150. The molecule has 3 heterocycles. The molecule has 0 saturated carbocycles. The molecule has 1 atom stereocenters. The summed E-state index contributed by atoms with van der Waals surface area (Å²) in [4.78, 5) is 13.4. The van der Waals surface area contributed by atoms with Crippen LogP contribution in [0.1, 0.15) is 36.0 Å². The molecule has 0 spiro atoms. The van der Waals surface area contributed by atoms with Crippen molar-refractivity contribution in [2.75, 3.05) is 11.9 Å². The molecule has 9 heteroatoms. The van der Waals surface area contributed by atoms with E-state index in [1.807, 2.05) is 32.0 Å². The number of sulfonamides is 1. The summed E-state index contributed by atoms with van der Waals surface area (Å²) in [5.41, 5.74) is 2.33. The third kappa shape index (κ3) is 4.17. The van der Waals surface area contributed by atoms with Gasteiger partial charge in [0.05, 0.1) is 16.6 Å². The molecule has 1 aromatic carbocycles. The highest BCUT2D eigenvalue weighted by molar-refractivity contribution is 7.89. The summed E-state index contributed by atoms with van der Waals surface area (Å²) >= 11 is 0. The lowest BCUT2D eigenvalue weighted by molar-refractivity contribution is 0.390. The molecule has 0 amide bonds. The highest BCUT2D eigenvalue weighted by Gasteiger charge is 2.37. The van der Waals surface area contributed by atoms with Crippen LogP contribution in [0.5, 0.6) is 0 Å². The van der Waals surface area contributed by atoms with Crippen molar-refractivity contribution in [3.63, 3.8) is 0 Å². The molecule has 0 radical (unpaired) electrons. The smallest absolute Gasteiger partial charge is 0.243 e. The average Bonchev–Trinajstić information content (AvgIpc) is 3.18. The summed E-state index contributed by atoms with van der Waals surface area (Å²) in [6.45, 7) is 4.17. The van der Waals surface area contributed by atoms with Gasteiger partial charge in [-0.05, 0) is 69.2 Å². The van der Waals surface area contributed by atoms with Gasteiger partial charge in [0.1, 0.15) is 11.6 Å². The standard InChI is InChI=1S/C21H22FN5O2S/c1-14-13-15(2)24-21(23-14)26-20-7-3-5-18(25-20)19-6-4-12-27(19)30(28,29)17-10-8-16(22)9-11-17/h3,5,7-11,13,19H,4,6,12H2,1-2H3,(H,23,24,25,26). The van der Waals surface area contributed by atoms with Gasteiger partial charge in [0.2, 0.25) is 16.0 Å². The van der Waals surface area contributed by atoms with Crippen molar-refractivity contribution in [2.24, 2.45) is 0 Å². The highest BCUT2D eigenvalue weighted by Crippen LogP contribution is 2.36. The van der Waals surface area contributed by atoms with Gasteiger partial charge in [0, 0.05) is 17.9 Å². The Morgan fingerprint density at radius 3 is 2.43 bits per heavy atom. The lowest BCUT2D eigenvalue weighted by Crippen LogP contribution is -2.31. The predicted octanol–water partition coefficient (Wildman–Crippen LogP) is 3.90. The Kier molecular flexibility index (Phi) is 5.48. The second kappa shape index (κ2) is 8.08. The molecular formula is C21H22FN5O2S. The maximum Gasteiger partial charge on any atom is 0.243 e. The number of nitrogens with one attached hydrogen (secondary N) is 1. The first-order valence-corrected chi connectivity index (χ1v) is 11.1. The highest BCUT2D eigenvalue weighted by atomic mass is 32.2. The summed E-state index contributed by atoms with van der Waals surface area (Å²) in [5, 5.41) is 3.10. The van der Waals surface area contributed by atoms with Gasteiger partial charge in [-0.1, -0.05) is 6.07 Å². The van der Waals surface area contributed by atoms with Crippen LogP contribution in [0.4, 0.5) is 16.2 Å². The molecule has 156 valence electrons. The van der Waals surface area contributed by atoms with Crippen LogP contribution in [0.2, 0.25) is 0 Å². The molecule has 0 aliphatic carbocycles. The first-order chi connectivity index (χ1) is 14.3. The zero-order valence-corrected chi connectivity index (χ0v) is 17.5. The summed E-state index contributed by atoms with van der Waals surface area (Å²) in [5.74, 6) is 0.517. The summed E-state index contributed by atoms with van der Waals surface area (Å²) in [7, 11) is -3.75. The molecule has 30 heavy (non-hydrogen) atoms. The van der Waals surface area contributed by atoms with Crippen LogP contribution >= 0.6 is 0 Å². The van der Waals surface area contributed by atoms with Crippen molar-refractivity contribution in [2.45, 2.75) is 37.6 Å². The topological polar surface area (TPSA) is 88.1 Å². The molecular weight excluding hydrogens is 405 g/mol. The minimum absolute atomic E-state index is 0.0775. The zero-order valence-electron chi connectivity index (χ0n) is 16.7. The molecule has 1 saturated heterocycles. The van der Waals surface area contributed by atoms with Crippen LogP contribution in [0.15, 0.2) is 53.4 Å². The molecule has 2 aromatic heterocycles. The fourth-order valence-corrected chi connectivity index (χ4v) is 5.34. The molecule has 3 aromatic rings. The number of benzene rings is 1. The number of aromatic nitrogens is 3. The molecule has 1 unspecified atom stereocenters. The Balaban J connectivity index is 1.61. The van der Waals surface area contributed by atoms with Crippen molar-refractivity contribution in [1.82, 2.24) is 19.3 Å². The van der Waals surface area contributed by atoms with Crippen LogP contribution in [0.25, 0.3) is 0 Å². The number of halogens is 1. The van der Waals surface area contributed by atoms with Gasteiger partial charge in [-0.25, -0.2) is 27.8 Å². The lowest BCUT2D eigenvalue weighted by atomic mass is 10.1. The van der Waals surface area contributed by atoms with Gasteiger partial charge in [-0.15, -0.1) is 0 Å². The van der Waals surface area contributed by atoms with Crippen LogP contribution in [-0.2, 0) is 10.0 Å². The zero-order chi connectivity index (χ0) is 21.3. The number of hydrogen-bond donors (Lipinski definition) is 1. The lowest BCUT2D eigenvalue weighted by Gasteiger charge is -2.24. The number of anilines is 2. The minimum Gasteiger partial charge on any atom is -0.309 e. The quantitative estimate of drug-likeness (QED) is 0.665. The Morgan fingerprint density at radius 2 is 1.73 bits per heavy atom. The second-order valence-electron chi connectivity index (χ2n) is 7.27. The van der Waals surface area contributed by atoms with Gasteiger partial charge in [0.25, 0.3) is 0 Å². The molecule has 1 aliphatic rings. The Hall–Kier alpha value is -2.91. The van der Waals surface area contributed by atoms with E-state index in [0.717, 1.165) is 29.9 Å². The number of pyridine rings is 1. The van der Waals surface area contributed by atoms with E-state index in [2.05, 4.69) is 20.3 Å². The second-order valence-corrected chi connectivity index (χ2v) is 9.17. The van der Waals surface area contributed by atoms with Gasteiger partial charge in [-0.3, -0.25) is 0 Å². The van der Waals surface area contributed by atoms with Crippen molar-refractivity contribution in [3.05, 3.63) is 71.4 Å². The van der Waals surface area contributed by atoms with E-state index in [9.17, 15) is 12.8 Å². The van der Waals surface area contributed by atoms with Crippen molar-refractivity contribution in [1.29, 1.82) is 0 Å². The van der Waals surface area contributed by atoms with Crippen LogP contribution < -0.4 is 5.32 Å². The molecule has 7 nitrogen and oxygen atoms in total. The molecule has 1 fully saturated rings. The Labute approximate surface area is 175 Å². The van der Waals surface area contributed by atoms with E-state index in [1.165, 1.54) is 16.4 Å². The number of nitrogens with zero attached hydrogens (tertiary/aromatic N) is 4. The summed E-state index contributed by atoms with van der Waals surface area (Å²) < 4.78 is 40.9. The molecule has 1 aliphatic heterocycles. The number of hydrogen-bond acceptors (Lipinski definition) is 6. The van der Waals surface area contributed by atoms with Gasteiger partial charge < -0.3 is 5.32 Å². The normalized spacial score (nSPS) is 17.2. The fourth-order valence-electron chi connectivity index (χ4n) is 3.67. The van der Waals surface area contributed by atoms with E-state index in [4.69, 9.17) is 0 Å². The number of rotatable bonds is 5. The monoisotopic (exact) mass is 427 g/mol. The fraction of sp³-hybridized carbons (Fsp3) is 0.286. The SMILES string of the molecule is Cc1cc(C)nc(Nc2cccc(C3CCCN3S(=O)(=O)c3ccc(F)cc3)n2)n1. The molecule has 4 rings (SSSR count). The largest absolute Gasteiger partial charge is 0.309 e. The third-order valence-corrected chi connectivity index (χ3v) is 6.88. The maximum absolute atomic E-state index is 13.2. The van der Waals surface area contributed by atoms with E-state index < -0.39 is 15.8 Å². The number of aryl methyl sites for hydroxylation is 2. The van der Waals surface area contributed by atoms with E-state index in [1.54, 1.807) is 6.07 Å². The van der Waals surface area contributed by atoms with E-state index in [-0.39, 0.29) is 10.9 Å². The van der Waals surface area contributed by atoms with Crippen LogP contribution in [0.3, 0.4) is 0 Å². The van der Waals surface area contributed by atoms with Crippen molar-refractivity contribution < 1.29 is 12.8 Å². The summed E-state index contributed by atoms with van der Waals surface area (Å²) in [6, 6.07) is 11.8. The first kappa shape index (κ1) is 20.4. The van der Waals surface area contributed by atoms with Crippen molar-refractivity contribution >= 4 is 21.8 Å². The average molecular weight is 428 g/mol. The van der Waals surface area contributed by atoms with Crippen molar-refractivity contribution in [3.8, 4) is 0 Å². The Morgan fingerprint density at radius 1 is 1.03 bits per heavy atom. The first-order valence-electron chi connectivity index (χ1n) is 9.66. The van der Waals surface area contributed by atoms with Gasteiger partial charge in [0.15, 0.2) is 0 Å². The van der Waals surface area contributed by atoms with Gasteiger partial charge in [-0.2, -0.15) is 4.31 Å². The van der Waals surface area contributed by atoms with E-state index >= 15 is 0 Å². The predicted molar refractivity (Wildman–Crippen MR) is 111 cm³/mol. The molecule has 1 N–H and O–H groups in total. The van der Waals surface area contributed by atoms with Crippen LogP contribution in [0, 0.1) is 19.7 Å². The third-order valence-electron chi connectivity index (χ3n) is 4.96. The van der Waals surface area contributed by atoms with E-state index in [0.29, 0.717) is 30.4 Å².